The molecule has 0 fully saturated rings. The minimum Gasteiger partial charge on any atom is -0.497 e. The molecule has 0 saturated carbocycles. The molecule has 0 atom stereocenters. The van der Waals surface area contributed by atoms with Gasteiger partial charge in [-0.25, -0.2) is 9.37 Å². The van der Waals surface area contributed by atoms with Gasteiger partial charge in [-0.1, -0.05) is 18.2 Å². The second-order valence-electron chi connectivity index (χ2n) is 8.27. The standard InChI is InChI=1S/C27H24FN3O4S/c1-33-22-9-2-18(3-10-22)13-31(14-19-4-11-24-25(12-19)35-17-34-24)15-26-30-23(16-36-26)27(32)29-21-7-5-20(28)6-8-21/h2-12,16H,13-15,17H2,1H3,(H,29,32). The number of aromatic nitrogens is 1. The predicted molar refractivity (Wildman–Crippen MR) is 135 cm³/mol. The third-order valence-electron chi connectivity index (χ3n) is 5.65. The Morgan fingerprint density at radius 3 is 2.50 bits per heavy atom. The topological polar surface area (TPSA) is 72.9 Å². The average molecular weight is 506 g/mol. The van der Waals surface area contributed by atoms with Gasteiger partial charge in [0.05, 0.1) is 13.7 Å². The monoisotopic (exact) mass is 505 g/mol. The molecule has 0 radical (unpaired) electrons. The van der Waals surface area contributed by atoms with E-state index < -0.39 is 0 Å². The second kappa shape index (κ2) is 10.8. The van der Waals surface area contributed by atoms with Gasteiger partial charge in [0, 0.05) is 24.2 Å². The fourth-order valence-corrected chi connectivity index (χ4v) is 4.68. The summed E-state index contributed by atoms with van der Waals surface area (Å²) in [6.07, 6.45) is 0. The van der Waals surface area contributed by atoms with Crippen LogP contribution >= 0.6 is 11.3 Å². The largest absolute Gasteiger partial charge is 0.497 e. The van der Waals surface area contributed by atoms with Crippen LogP contribution in [0.15, 0.2) is 72.1 Å². The highest BCUT2D eigenvalue weighted by molar-refractivity contribution is 7.09. The maximum absolute atomic E-state index is 13.1. The van der Waals surface area contributed by atoms with Gasteiger partial charge in [-0.05, 0) is 59.7 Å². The maximum atomic E-state index is 13.1. The van der Waals surface area contributed by atoms with Crippen molar-refractivity contribution in [3.8, 4) is 17.2 Å². The van der Waals surface area contributed by atoms with Crippen LogP contribution in [0.5, 0.6) is 17.2 Å². The van der Waals surface area contributed by atoms with Crippen molar-refractivity contribution >= 4 is 22.9 Å². The number of nitrogens with one attached hydrogen (secondary N) is 1. The third kappa shape index (κ3) is 5.81. The van der Waals surface area contributed by atoms with E-state index in [2.05, 4.69) is 15.2 Å². The number of hydrogen-bond acceptors (Lipinski definition) is 7. The molecule has 1 aliphatic rings. The van der Waals surface area contributed by atoms with Crippen molar-refractivity contribution in [1.29, 1.82) is 0 Å². The molecule has 0 unspecified atom stereocenters. The Kier molecular flexibility index (Phi) is 7.11. The quantitative estimate of drug-likeness (QED) is 0.325. The third-order valence-corrected chi connectivity index (χ3v) is 6.49. The molecule has 1 aromatic heterocycles. The molecule has 0 bridgehead atoms. The number of benzene rings is 3. The highest BCUT2D eigenvalue weighted by atomic mass is 32.1. The van der Waals surface area contributed by atoms with Crippen LogP contribution in [0.2, 0.25) is 0 Å². The zero-order valence-electron chi connectivity index (χ0n) is 19.6. The van der Waals surface area contributed by atoms with Crippen molar-refractivity contribution in [2.45, 2.75) is 19.6 Å². The van der Waals surface area contributed by atoms with Crippen LogP contribution in [-0.2, 0) is 19.6 Å². The van der Waals surface area contributed by atoms with E-state index >= 15 is 0 Å². The number of nitrogens with zero attached hydrogens (tertiary/aromatic N) is 2. The number of carbonyl (C=O) groups is 1. The van der Waals surface area contributed by atoms with Crippen molar-refractivity contribution in [2.24, 2.45) is 0 Å². The van der Waals surface area contributed by atoms with E-state index in [4.69, 9.17) is 14.2 Å². The van der Waals surface area contributed by atoms with E-state index in [1.54, 1.807) is 12.5 Å². The Balaban J connectivity index is 1.31. The predicted octanol–water partition coefficient (Wildman–Crippen LogP) is 5.47. The highest BCUT2D eigenvalue weighted by Gasteiger charge is 2.17. The molecule has 0 saturated heterocycles. The molecule has 0 spiro atoms. The van der Waals surface area contributed by atoms with Gasteiger partial charge in [-0.3, -0.25) is 9.69 Å². The Hall–Kier alpha value is -3.95. The van der Waals surface area contributed by atoms with Gasteiger partial charge in [0.15, 0.2) is 11.5 Å². The summed E-state index contributed by atoms with van der Waals surface area (Å²) in [5, 5.41) is 5.30. The van der Waals surface area contributed by atoms with Crippen LogP contribution < -0.4 is 19.5 Å². The molecular formula is C27H24FN3O4S. The number of hydrogen-bond donors (Lipinski definition) is 1. The zero-order valence-corrected chi connectivity index (χ0v) is 20.4. The van der Waals surface area contributed by atoms with Gasteiger partial charge >= 0.3 is 0 Å². The van der Waals surface area contributed by atoms with Crippen LogP contribution in [0.3, 0.4) is 0 Å². The number of methoxy groups -OCH3 is 1. The van der Waals surface area contributed by atoms with Crippen molar-refractivity contribution in [3.05, 3.63) is 99.8 Å². The van der Waals surface area contributed by atoms with Crippen LogP contribution in [0.4, 0.5) is 10.1 Å². The molecule has 9 heteroatoms. The molecule has 0 aliphatic carbocycles. The van der Waals surface area contributed by atoms with Crippen molar-refractivity contribution < 1.29 is 23.4 Å². The summed E-state index contributed by atoms with van der Waals surface area (Å²) in [6.45, 7) is 2.11. The van der Waals surface area contributed by atoms with Gasteiger partial charge in [0.1, 0.15) is 22.3 Å². The lowest BCUT2D eigenvalue weighted by Gasteiger charge is -2.22. The number of fused-ring (bicyclic) bond motifs is 1. The van der Waals surface area contributed by atoms with Crippen molar-refractivity contribution in [3.63, 3.8) is 0 Å². The van der Waals surface area contributed by atoms with E-state index in [-0.39, 0.29) is 18.5 Å². The molecule has 184 valence electrons. The minimum absolute atomic E-state index is 0.232. The first kappa shape index (κ1) is 23.8. The van der Waals surface area contributed by atoms with Gasteiger partial charge in [-0.2, -0.15) is 0 Å². The molecule has 2 heterocycles. The van der Waals surface area contributed by atoms with Crippen LogP contribution in [-0.4, -0.2) is 29.7 Å². The zero-order chi connectivity index (χ0) is 24.9. The van der Waals surface area contributed by atoms with E-state index in [1.165, 1.54) is 35.6 Å². The molecule has 7 nitrogen and oxygen atoms in total. The Morgan fingerprint density at radius 2 is 1.72 bits per heavy atom. The number of anilines is 1. The lowest BCUT2D eigenvalue weighted by atomic mass is 10.1. The van der Waals surface area contributed by atoms with Crippen molar-refractivity contribution in [2.75, 3.05) is 19.2 Å². The smallest absolute Gasteiger partial charge is 0.275 e. The SMILES string of the molecule is COc1ccc(CN(Cc2ccc3c(c2)OCO3)Cc2nc(C(=O)Nc3ccc(F)cc3)cs2)cc1. The summed E-state index contributed by atoms with van der Waals surface area (Å²) in [4.78, 5) is 19.4. The van der Waals surface area contributed by atoms with Gasteiger partial charge in [0.25, 0.3) is 5.91 Å². The molecule has 1 amide bonds. The summed E-state index contributed by atoms with van der Waals surface area (Å²) in [5.74, 6) is 1.60. The summed E-state index contributed by atoms with van der Waals surface area (Å²) >= 11 is 1.43. The number of carbonyl (C=O) groups excluding carboxylic acids is 1. The van der Waals surface area contributed by atoms with E-state index in [1.807, 2.05) is 42.5 Å². The molecule has 3 aromatic carbocycles. The first-order valence-electron chi connectivity index (χ1n) is 11.3. The summed E-state index contributed by atoms with van der Waals surface area (Å²) in [7, 11) is 1.65. The lowest BCUT2D eigenvalue weighted by molar-refractivity contribution is 0.102. The second-order valence-corrected chi connectivity index (χ2v) is 9.21. The molecule has 36 heavy (non-hydrogen) atoms. The van der Waals surface area contributed by atoms with E-state index in [9.17, 15) is 9.18 Å². The molecule has 1 aliphatic heterocycles. The van der Waals surface area contributed by atoms with Crippen LogP contribution in [0.25, 0.3) is 0 Å². The van der Waals surface area contributed by atoms with Gasteiger partial charge in [-0.15, -0.1) is 11.3 Å². The summed E-state index contributed by atoms with van der Waals surface area (Å²) in [6, 6.07) is 19.5. The first-order valence-corrected chi connectivity index (χ1v) is 12.2. The highest BCUT2D eigenvalue weighted by Crippen LogP contribution is 2.33. The number of amides is 1. The maximum Gasteiger partial charge on any atom is 0.275 e. The van der Waals surface area contributed by atoms with E-state index in [0.29, 0.717) is 31.0 Å². The molecule has 5 rings (SSSR count). The minimum atomic E-state index is -0.358. The number of rotatable bonds is 9. The Labute approximate surface area is 212 Å². The molecular weight excluding hydrogens is 481 g/mol. The summed E-state index contributed by atoms with van der Waals surface area (Å²) in [5.41, 5.74) is 3.05. The van der Waals surface area contributed by atoms with Gasteiger partial charge < -0.3 is 19.5 Å². The molecule has 4 aromatic rings. The number of thiazole rings is 1. The van der Waals surface area contributed by atoms with E-state index in [0.717, 1.165) is 33.4 Å². The first-order chi connectivity index (χ1) is 17.6. The lowest BCUT2D eigenvalue weighted by Crippen LogP contribution is -2.22. The van der Waals surface area contributed by atoms with Crippen LogP contribution in [0.1, 0.15) is 26.6 Å². The fourth-order valence-electron chi connectivity index (χ4n) is 3.86. The summed E-state index contributed by atoms with van der Waals surface area (Å²) < 4.78 is 29.4. The van der Waals surface area contributed by atoms with Crippen molar-refractivity contribution in [1.82, 2.24) is 9.88 Å². The fraction of sp³-hybridized carbons (Fsp3) is 0.185. The Bertz CT molecular complexity index is 1340. The molecule has 1 N–H and O–H groups in total. The number of halogens is 1. The van der Waals surface area contributed by atoms with Gasteiger partial charge in [0.2, 0.25) is 6.79 Å². The Morgan fingerprint density at radius 1 is 1.00 bits per heavy atom. The normalized spacial score (nSPS) is 12.1. The average Bonchev–Trinajstić information content (AvgIpc) is 3.55. The number of ether oxygens (including phenoxy) is 3. The van der Waals surface area contributed by atoms with Crippen LogP contribution in [0, 0.1) is 5.82 Å².